The maximum atomic E-state index is 5.60. The molecular formula is C11H14N2OS. The zero-order chi connectivity index (χ0) is 10.7. The normalized spacial score (nSPS) is 13.2. The third kappa shape index (κ3) is 2.52. The number of rotatable bonds is 4. The van der Waals surface area contributed by atoms with Crippen molar-refractivity contribution in [2.45, 2.75) is 23.8 Å². The maximum Gasteiger partial charge on any atom is 0.256 e. The summed E-state index contributed by atoms with van der Waals surface area (Å²) in [6.07, 6.45) is 0.976. The van der Waals surface area contributed by atoms with E-state index in [1.165, 1.54) is 0 Å². The molecule has 1 aromatic carbocycles. The Labute approximate surface area is 93.0 Å². The van der Waals surface area contributed by atoms with Gasteiger partial charge in [-0.05, 0) is 25.1 Å². The molecule has 0 fully saturated rings. The quantitative estimate of drug-likeness (QED) is 0.808. The molecule has 0 bridgehead atoms. The molecule has 0 amide bonds. The maximum absolute atomic E-state index is 5.60. The van der Waals surface area contributed by atoms with Gasteiger partial charge in [-0.1, -0.05) is 30.8 Å². The van der Waals surface area contributed by atoms with Crippen molar-refractivity contribution in [3.05, 3.63) is 24.3 Å². The summed E-state index contributed by atoms with van der Waals surface area (Å²) in [5.41, 5.74) is 7.26. The lowest BCUT2D eigenvalue weighted by Gasteiger charge is -2.04. The highest BCUT2D eigenvalue weighted by molar-refractivity contribution is 7.99. The Hall–Kier alpha value is -1.00. The minimum absolute atomic E-state index is 0.447. The topological polar surface area (TPSA) is 52.0 Å². The molecule has 2 aromatic rings. The van der Waals surface area contributed by atoms with E-state index in [4.69, 9.17) is 10.2 Å². The molecule has 0 saturated carbocycles. The largest absolute Gasteiger partial charge is 0.431 e. The Bertz CT molecular complexity index is 408. The van der Waals surface area contributed by atoms with Gasteiger partial charge in [0.05, 0.1) is 0 Å². The van der Waals surface area contributed by atoms with Crippen LogP contribution in [0, 0.1) is 0 Å². The number of nitrogens with zero attached hydrogens (tertiary/aromatic N) is 1. The molecule has 1 unspecified atom stereocenters. The summed E-state index contributed by atoms with van der Waals surface area (Å²) in [6, 6.07) is 7.80. The van der Waals surface area contributed by atoms with Gasteiger partial charge in [0.1, 0.15) is 5.52 Å². The van der Waals surface area contributed by atoms with Crippen molar-refractivity contribution in [2.75, 3.05) is 6.54 Å². The Balaban J connectivity index is 2.15. The van der Waals surface area contributed by atoms with Crippen LogP contribution >= 0.6 is 11.8 Å². The summed E-state index contributed by atoms with van der Waals surface area (Å²) in [5.74, 6) is 0. The van der Waals surface area contributed by atoms with E-state index < -0.39 is 0 Å². The molecule has 0 spiro atoms. The second-order valence-electron chi connectivity index (χ2n) is 3.45. The van der Waals surface area contributed by atoms with Gasteiger partial charge in [-0.15, -0.1) is 0 Å². The third-order valence-corrected chi connectivity index (χ3v) is 3.16. The van der Waals surface area contributed by atoms with Crippen LogP contribution in [-0.4, -0.2) is 16.8 Å². The first-order valence-corrected chi connectivity index (χ1v) is 5.90. The predicted molar refractivity (Wildman–Crippen MR) is 63.0 cm³/mol. The molecule has 3 nitrogen and oxygen atoms in total. The summed E-state index contributed by atoms with van der Waals surface area (Å²) in [6.45, 7) is 2.83. The van der Waals surface area contributed by atoms with Crippen molar-refractivity contribution >= 4 is 22.9 Å². The van der Waals surface area contributed by atoms with Crippen molar-refractivity contribution in [2.24, 2.45) is 5.73 Å². The number of thioether (sulfide) groups is 1. The van der Waals surface area contributed by atoms with E-state index in [0.29, 0.717) is 11.8 Å². The Morgan fingerprint density at radius 1 is 1.47 bits per heavy atom. The number of nitrogens with two attached hydrogens (primary N) is 1. The van der Waals surface area contributed by atoms with Gasteiger partial charge in [0.15, 0.2) is 5.58 Å². The van der Waals surface area contributed by atoms with Crippen LogP contribution < -0.4 is 5.73 Å². The molecule has 80 valence electrons. The van der Waals surface area contributed by atoms with Crippen LogP contribution in [0.5, 0.6) is 0 Å². The number of hydrogen-bond acceptors (Lipinski definition) is 4. The van der Waals surface area contributed by atoms with Crippen molar-refractivity contribution in [3.63, 3.8) is 0 Å². The number of hydrogen-bond donors (Lipinski definition) is 1. The van der Waals surface area contributed by atoms with E-state index >= 15 is 0 Å². The van der Waals surface area contributed by atoms with Gasteiger partial charge >= 0.3 is 0 Å². The molecule has 0 saturated heterocycles. The number of benzene rings is 1. The van der Waals surface area contributed by atoms with E-state index in [2.05, 4.69) is 11.9 Å². The molecular weight excluding hydrogens is 208 g/mol. The molecule has 15 heavy (non-hydrogen) atoms. The lowest BCUT2D eigenvalue weighted by atomic mass is 10.3. The predicted octanol–water partition coefficient (Wildman–Crippen LogP) is 2.66. The molecule has 2 rings (SSSR count). The van der Waals surface area contributed by atoms with E-state index in [1.54, 1.807) is 11.8 Å². The van der Waals surface area contributed by atoms with Gasteiger partial charge in [-0.25, -0.2) is 4.98 Å². The Morgan fingerprint density at radius 2 is 2.27 bits per heavy atom. The Kier molecular flexibility index (Phi) is 3.28. The highest BCUT2D eigenvalue weighted by Crippen LogP contribution is 2.27. The summed E-state index contributed by atoms with van der Waals surface area (Å²) in [4.78, 5) is 4.39. The van der Waals surface area contributed by atoms with E-state index in [-0.39, 0.29) is 0 Å². The first-order valence-electron chi connectivity index (χ1n) is 5.02. The SMILES string of the molecule is CC(CCN)Sc1nc2ccccc2o1. The summed E-state index contributed by atoms with van der Waals surface area (Å²) < 4.78 is 5.60. The minimum Gasteiger partial charge on any atom is -0.431 e. The van der Waals surface area contributed by atoms with Crippen LogP contribution in [0.4, 0.5) is 0 Å². The average molecular weight is 222 g/mol. The molecule has 1 aromatic heterocycles. The molecule has 0 aliphatic rings. The second kappa shape index (κ2) is 4.68. The fourth-order valence-electron chi connectivity index (χ4n) is 1.37. The number of aromatic nitrogens is 1. The van der Waals surface area contributed by atoms with Crippen LogP contribution in [-0.2, 0) is 0 Å². The van der Waals surface area contributed by atoms with Crippen molar-refractivity contribution in [1.82, 2.24) is 4.98 Å². The third-order valence-electron chi connectivity index (χ3n) is 2.15. The molecule has 1 heterocycles. The van der Waals surface area contributed by atoms with Gasteiger partial charge in [-0.3, -0.25) is 0 Å². The number of oxazole rings is 1. The number of para-hydroxylation sites is 2. The zero-order valence-corrected chi connectivity index (χ0v) is 9.46. The Morgan fingerprint density at radius 3 is 3.00 bits per heavy atom. The van der Waals surface area contributed by atoms with Gasteiger partial charge in [0.2, 0.25) is 0 Å². The zero-order valence-electron chi connectivity index (χ0n) is 8.64. The first-order chi connectivity index (χ1) is 7.29. The monoisotopic (exact) mass is 222 g/mol. The standard InChI is InChI=1S/C11H14N2OS/c1-8(6-7-12)15-11-13-9-4-2-3-5-10(9)14-11/h2-5,8H,6-7,12H2,1H3. The van der Waals surface area contributed by atoms with Gasteiger partial charge in [0.25, 0.3) is 5.22 Å². The van der Waals surface area contributed by atoms with Crippen molar-refractivity contribution in [3.8, 4) is 0 Å². The van der Waals surface area contributed by atoms with E-state index in [0.717, 1.165) is 22.7 Å². The fraction of sp³-hybridized carbons (Fsp3) is 0.364. The molecule has 0 radical (unpaired) electrons. The van der Waals surface area contributed by atoms with Gasteiger partial charge in [-0.2, -0.15) is 0 Å². The molecule has 4 heteroatoms. The van der Waals surface area contributed by atoms with Crippen molar-refractivity contribution in [1.29, 1.82) is 0 Å². The lowest BCUT2D eigenvalue weighted by Crippen LogP contribution is -2.06. The average Bonchev–Trinajstić information content (AvgIpc) is 2.59. The van der Waals surface area contributed by atoms with Crippen LogP contribution in [0.1, 0.15) is 13.3 Å². The van der Waals surface area contributed by atoms with E-state index in [9.17, 15) is 0 Å². The molecule has 0 aliphatic heterocycles. The second-order valence-corrected chi connectivity index (χ2v) is 4.84. The highest BCUT2D eigenvalue weighted by Gasteiger charge is 2.09. The minimum atomic E-state index is 0.447. The smallest absolute Gasteiger partial charge is 0.256 e. The molecule has 0 aliphatic carbocycles. The molecule has 2 N–H and O–H groups in total. The first kappa shape index (κ1) is 10.5. The van der Waals surface area contributed by atoms with Gasteiger partial charge < -0.3 is 10.2 Å². The van der Waals surface area contributed by atoms with Gasteiger partial charge in [0, 0.05) is 5.25 Å². The summed E-state index contributed by atoms with van der Waals surface area (Å²) >= 11 is 1.64. The van der Waals surface area contributed by atoms with Crippen LogP contribution in [0.15, 0.2) is 33.9 Å². The number of fused-ring (bicyclic) bond motifs is 1. The van der Waals surface area contributed by atoms with Crippen LogP contribution in [0.25, 0.3) is 11.1 Å². The fourth-order valence-corrected chi connectivity index (χ4v) is 2.25. The lowest BCUT2D eigenvalue weighted by molar-refractivity contribution is 0.488. The molecule has 1 atom stereocenters. The summed E-state index contributed by atoms with van der Waals surface area (Å²) in [5, 5.41) is 1.18. The highest BCUT2D eigenvalue weighted by atomic mass is 32.2. The van der Waals surface area contributed by atoms with Crippen molar-refractivity contribution < 1.29 is 4.42 Å². The van der Waals surface area contributed by atoms with E-state index in [1.807, 2.05) is 24.3 Å². The van der Waals surface area contributed by atoms with Crippen LogP contribution in [0.2, 0.25) is 0 Å². The summed E-state index contributed by atoms with van der Waals surface area (Å²) in [7, 11) is 0. The van der Waals surface area contributed by atoms with Crippen LogP contribution in [0.3, 0.4) is 0 Å².